The third-order valence-electron chi connectivity index (χ3n) is 1.95. The smallest absolute Gasteiger partial charge is 0.314 e. The number of alkyl halides is 1. The van der Waals surface area contributed by atoms with Crippen molar-refractivity contribution >= 4 is 40.8 Å². The summed E-state index contributed by atoms with van der Waals surface area (Å²) in [4.78, 5) is 11.6. The quantitative estimate of drug-likeness (QED) is 0.542. The predicted octanol–water partition coefficient (Wildman–Crippen LogP) is 4.14. The Morgan fingerprint density at radius 3 is 2.31 bits per heavy atom. The first kappa shape index (κ1) is 16.1. The molecule has 0 aromatic rings. The van der Waals surface area contributed by atoms with Gasteiger partial charge in [0.15, 0.2) is 0 Å². The van der Waals surface area contributed by atoms with Crippen LogP contribution in [0.15, 0.2) is 10.6 Å². The zero-order valence-corrected chi connectivity index (χ0v) is 11.9. The van der Waals surface area contributed by atoms with Gasteiger partial charge in [-0.1, -0.05) is 37.0 Å². The molecule has 94 valence electrons. The maximum atomic E-state index is 11.6. The molecule has 16 heavy (non-hydrogen) atoms. The van der Waals surface area contributed by atoms with Crippen molar-refractivity contribution in [2.45, 2.75) is 32.6 Å². The molecule has 0 saturated carbocycles. The van der Waals surface area contributed by atoms with Gasteiger partial charge in [-0.25, -0.2) is 0 Å². The normalized spacial score (nSPS) is 14.4. The van der Waals surface area contributed by atoms with E-state index in [1.807, 2.05) is 13.8 Å². The molecule has 0 N–H and O–H groups in total. The van der Waals surface area contributed by atoms with Crippen LogP contribution in [0, 0.1) is 11.8 Å². The highest BCUT2D eigenvalue weighted by atomic mass is 35.5. The Morgan fingerprint density at radius 2 is 1.94 bits per heavy atom. The fraction of sp³-hybridized carbons (Fsp3) is 0.727. The molecule has 0 saturated heterocycles. The third-order valence-corrected chi connectivity index (χ3v) is 2.65. The monoisotopic (exact) mass is 286 g/mol. The van der Waals surface area contributed by atoms with E-state index in [-0.39, 0.29) is 15.8 Å². The van der Waals surface area contributed by atoms with E-state index in [0.717, 1.165) is 0 Å². The third kappa shape index (κ3) is 6.62. The van der Waals surface area contributed by atoms with Crippen molar-refractivity contribution in [1.29, 1.82) is 0 Å². The van der Waals surface area contributed by atoms with Gasteiger partial charge in [-0.2, -0.15) is 0 Å². The van der Waals surface area contributed by atoms with Gasteiger partial charge in [0.25, 0.3) is 0 Å². The van der Waals surface area contributed by atoms with Gasteiger partial charge in [0.2, 0.25) is 0 Å². The van der Waals surface area contributed by atoms with E-state index < -0.39 is 5.92 Å². The minimum Gasteiger partial charge on any atom is -0.465 e. The summed E-state index contributed by atoms with van der Waals surface area (Å²) in [6, 6.07) is 0. The number of halogens is 3. The van der Waals surface area contributed by atoms with Crippen LogP contribution in [0.3, 0.4) is 0 Å². The van der Waals surface area contributed by atoms with Gasteiger partial charge < -0.3 is 4.74 Å². The van der Waals surface area contributed by atoms with Gasteiger partial charge in [0.05, 0.1) is 17.9 Å². The van der Waals surface area contributed by atoms with Gasteiger partial charge in [-0.3, -0.25) is 4.79 Å². The molecule has 0 spiro atoms. The van der Waals surface area contributed by atoms with E-state index in [9.17, 15) is 4.79 Å². The Hall–Kier alpha value is 0.0800. The van der Waals surface area contributed by atoms with Crippen LogP contribution in [0.25, 0.3) is 0 Å². The Kier molecular flexibility index (Phi) is 8.25. The van der Waals surface area contributed by atoms with E-state index >= 15 is 0 Å². The van der Waals surface area contributed by atoms with Crippen LogP contribution in [-0.4, -0.2) is 18.0 Å². The molecule has 0 aliphatic heterocycles. The van der Waals surface area contributed by atoms with E-state index in [1.165, 1.54) is 6.08 Å². The number of carbonyl (C=O) groups is 1. The Labute approximate surface area is 112 Å². The first-order chi connectivity index (χ1) is 7.38. The maximum Gasteiger partial charge on any atom is 0.314 e. The average Bonchev–Trinajstić information content (AvgIpc) is 2.12. The summed E-state index contributed by atoms with van der Waals surface area (Å²) < 4.78 is 4.96. The van der Waals surface area contributed by atoms with Crippen molar-refractivity contribution in [3.8, 4) is 0 Å². The summed E-state index contributed by atoms with van der Waals surface area (Å²) in [5.74, 6) is -0.585. The second kappa shape index (κ2) is 8.21. The Morgan fingerprint density at radius 1 is 1.38 bits per heavy atom. The largest absolute Gasteiger partial charge is 0.465 e. The fourth-order valence-electron chi connectivity index (χ4n) is 1.29. The average molecular weight is 288 g/mol. The molecule has 5 heteroatoms. The van der Waals surface area contributed by atoms with Crippen LogP contribution in [0.2, 0.25) is 0 Å². The molecule has 0 radical (unpaired) electrons. The molecule has 0 unspecified atom stereocenters. The van der Waals surface area contributed by atoms with E-state index in [2.05, 4.69) is 0 Å². The van der Waals surface area contributed by atoms with E-state index in [0.29, 0.717) is 18.9 Å². The molecule has 0 aliphatic carbocycles. The second-order valence-corrected chi connectivity index (χ2v) is 5.45. The van der Waals surface area contributed by atoms with Crippen molar-refractivity contribution in [2.75, 3.05) is 6.61 Å². The van der Waals surface area contributed by atoms with Crippen LogP contribution in [0.1, 0.15) is 27.2 Å². The lowest BCUT2D eigenvalue weighted by Gasteiger charge is -2.19. The van der Waals surface area contributed by atoms with Gasteiger partial charge in [-0.05, 0) is 25.3 Å². The number of ether oxygens (including phenoxy) is 1. The van der Waals surface area contributed by atoms with Crippen molar-refractivity contribution in [3.05, 3.63) is 10.6 Å². The number of carbonyl (C=O) groups excluding carboxylic acids is 1. The van der Waals surface area contributed by atoms with Gasteiger partial charge in [-0.15, -0.1) is 11.6 Å². The minimum atomic E-state index is -0.589. The van der Waals surface area contributed by atoms with Crippen molar-refractivity contribution in [2.24, 2.45) is 11.8 Å². The van der Waals surface area contributed by atoms with Gasteiger partial charge in [0, 0.05) is 0 Å². The highest BCUT2D eigenvalue weighted by molar-refractivity contribution is 6.56. The van der Waals surface area contributed by atoms with Gasteiger partial charge in [0.1, 0.15) is 4.49 Å². The lowest BCUT2D eigenvalue weighted by Crippen LogP contribution is -2.26. The highest BCUT2D eigenvalue weighted by Crippen LogP contribution is 2.24. The molecule has 0 fully saturated rings. The lowest BCUT2D eigenvalue weighted by atomic mass is 9.97. The van der Waals surface area contributed by atoms with Crippen LogP contribution < -0.4 is 0 Å². The number of hydrogen-bond acceptors (Lipinski definition) is 2. The molecule has 0 heterocycles. The summed E-state index contributed by atoms with van der Waals surface area (Å²) in [6.07, 6.45) is 2.13. The van der Waals surface area contributed by atoms with Crippen molar-refractivity contribution < 1.29 is 9.53 Å². The summed E-state index contributed by atoms with van der Waals surface area (Å²) in [5, 5.41) is -0.355. The van der Waals surface area contributed by atoms with Gasteiger partial charge >= 0.3 is 5.97 Å². The fourth-order valence-corrected chi connectivity index (χ4v) is 2.09. The maximum absolute atomic E-state index is 11.6. The SMILES string of the molecule is CCOC(=O)[C@H](C=C(Cl)Cl)[C@@H](Cl)CC(C)C. The molecule has 0 aliphatic rings. The first-order valence-corrected chi connectivity index (χ1v) is 6.41. The minimum absolute atomic E-state index is 0.0347. The molecule has 0 rings (SSSR count). The van der Waals surface area contributed by atoms with E-state index in [1.54, 1.807) is 6.92 Å². The zero-order valence-electron chi connectivity index (χ0n) is 9.67. The molecule has 0 bridgehead atoms. The Balaban J connectivity index is 4.66. The number of hydrogen-bond donors (Lipinski definition) is 0. The zero-order chi connectivity index (χ0) is 12.7. The highest BCUT2D eigenvalue weighted by Gasteiger charge is 2.27. The van der Waals surface area contributed by atoms with Crippen molar-refractivity contribution in [3.63, 3.8) is 0 Å². The molecule has 0 aromatic carbocycles. The number of esters is 1. The molecule has 2 nitrogen and oxygen atoms in total. The molecular formula is C11H17Cl3O2. The second-order valence-electron chi connectivity index (χ2n) is 3.88. The molecular weight excluding hydrogens is 270 g/mol. The number of rotatable bonds is 6. The topological polar surface area (TPSA) is 26.3 Å². The van der Waals surface area contributed by atoms with Crippen LogP contribution >= 0.6 is 34.8 Å². The summed E-state index contributed by atoms with van der Waals surface area (Å²) in [6.45, 7) is 6.12. The summed E-state index contributed by atoms with van der Waals surface area (Å²) in [5.41, 5.74) is 0. The Bertz CT molecular complexity index is 248. The summed E-state index contributed by atoms with van der Waals surface area (Å²) in [7, 11) is 0. The van der Waals surface area contributed by atoms with Crippen molar-refractivity contribution in [1.82, 2.24) is 0 Å². The van der Waals surface area contributed by atoms with Crippen LogP contribution in [0.5, 0.6) is 0 Å². The summed E-state index contributed by atoms with van der Waals surface area (Å²) >= 11 is 17.3. The lowest BCUT2D eigenvalue weighted by molar-refractivity contribution is -0.146. The van der Waals surface area contributed by atoms with Crippen LogP contribution in [0.4, 0.5) is 0 Å². The molecule has 2 atom stereocenters. The standard InChI is InChI=1S/C11H17Cl3O2/c1-4-16-11(15)8(6-10(13)14)9(12)5-7(2)3/h6-9H,4-5H2,1-3H3/t8-,9+/m1/s1. The first-order valence-electron chi connectivity index (χ1n) is 5.22. The van der Waals surface area contributed by atoms with E-state index in [4.69, 9.17) is 39.5 Å². The predicted molar refractivity (Wildman–Crippen MR) is 69.0 cm³/mol. The van der Waals surface area contributed by atoms with Crippen LogP contribution in [-0.2, 0) is 9.53 Å². The molecule has 0 amide bonds. The molecule has 0 aromatic heterocycles.